The van der Waals surface area contributed by atoms with Crippen LogP contribution in [0.3, 0.4) is 0 Å². The Kier molecular flexibility index (Phi) is 5.67. The molecular formula is C23H17Cl2N3O3. The van der Waals surface area contributed by atoms with E-state index in [9.17, 15) is 9.59 Å². The number of anilines is 1. The summed E-state index contributed by atoms with van der Waals surface area (Å²) in [6.45, 7) is 1.76. The topological polar surface area (TPSA) is 73.2 Å². The van der Waals surface area contributed by atoms with Crippen LogP contribution < -0.4 is 15.6 Å². The number of carbonyl (C=O) groups excluding carboxylic acids is 1. The Hall–Kier alpha value is -3.35. The number of aromatic nitrogens is 2. The van der Waals surface area contributed by atoms with Crippen LogP contribution in [0.2, 0.25) is 10.0 Å². The Labute approximate surface area is 188 Å². The first kappa shape index (κ1) is 20.9. The lowest BCUT2D eigenvalue weighted by Crippen LogP contribution is -2.22. The van der Waals surface area contributed by atoms with Gasteiger partial charge < -0.3 is 10.1 Å². The largest absolute Gasteiger partial charge is 0.494 e. The van der Waals surface area contributed by atoms with Gasteiger partial charge in [0.2, 0.25) is 0 Å². The summed E-state index contributed by atoms with van der Waals surface area (Å²) in [5, 5.41) is 3.97. The maximum Gasteiger partial charge on any atom is 0.265 e. The van der Waals surface area contributed by atoms with Crippen LogP contribution in [0.5, 0.6) is 5.75 Å². The summed E-state index contributed by atoms with van der Waals surface area (Å²) in [5.41, 5.74) is 1.68. The van der Waals surface area contributed by atoms with E-state index in [4.69, 9.17) is 27.9 Å². The molecule has 0 spiro atoms. The number of hydrogen-bond acceptors (Lipinski definition) is 4. The Morgan fingerprint density at radius 2 is 1.84 bits per heavy atom. The number of fused-ring (bicyclic) bond motifs is 1. The van der Waals surface area contributed by atoms with Gasteiger partial charge in [-0.3, -0.25) is 14.2 Å². The zero-order valence-corrected chi connectivity index (χ0v) is 18.2. The van der Waals surface area contributed by atoms with E-state index < -0.39 is 5.91 Å². The number of carbonyl (C=O) groups is 1. The van der Waals surface area contributed by atoms with E-state index in [1.165, 1.54) is 17.7 Å². The molecule has 0 aliphatic heterocycles. The van der Waals surface area contributed by atoms with Crippen LogP contribution >= 0.6 is 23.2 Å². The molecule has 0 aliphatic rings. The number of rotatable bonds is 4. The lowest BCUT2D eigenvalue weighted by molar-refractivity contribution is 0.102. The molecule has 1 amide bonds. The van der Waals surface area contributed by atoms with Gasteiger partial charge in [-0.05, 0) is 49.4 Å². The lowest BCUT2D eigenvalue weighted by atomic mass is 10.2. The number of aryl methyl sites for hydroxylation is 1. The molecule has 0 fully saturated rings. The van der Waals surface area contributed by atoms with Crippen LogP contribution in [0.25, 0.3) is 16.6 Å². The second-order valence-corrected chi connectivity index (χ2v) is 7.62. The molecule has 4 aromatic rings. The minimum Gasteiger partial charge on any atom is -0.494 e. The second kappa shape index (κ2) is 8.41. The summed E-state index contributed by atoms with van der Waals surface area (Å²) in [7, 11) is 1.48. The lowest BCUT2D eigenvalue weighted by Gasteiger charge is -2.15. The van der Waals surface area contributed by atoms with Crippen molar-refractivity contribution >= 4 is 45.7 Å². The SMILES string of the molecule is COc1cc(-n2c(C)nc3ccccc3c2=O)ccc1NC(=O)c1cc(Cl)ccc1Cl. The van der Waals surface area contributed by atoms with Crippen LogP contribution in [-0.4, -0.2) is 22.6 Å². The van der Waals surface area contributed by atoms with E-state index in [2.05, 4.69) is 10.3 Å². The number of para-hydroxylation sites is 1. The molecule has 6 nitrogen and oxygen atoms in total. The summed E-state index contributed by atoms with van der Waals surface area (Å²) >= 11 is 12.1. The molecule has 0 unspecified atom stereocenters. The van der Waals surface area contributed by atoms with Crippen molar-refractivity contribution in [2.45, 2.75) is 6.92 Å². The molecule has 1 aromatic heterocycles. The zero-order valence-electron chi connectivity index (χ0n) is 16.6. The third kappa shape index (κ3) is 4.00. The molecule has 8 heteroatoms. The average molecular weight is 454 g/mol. The van der Waals surface area contributed by atoms with Gasteiger partial charge in [0, 0.05) is 11.1 Å². The third-order valence-corrected chi connectivity index (χ3v) is 5.37. The van der Waals surface area contributed by atoms with E-state index in [-0.39, 0.29) is 16.1 Å². The summed E-state index contributed by atoms with van der Waals surface area (Å²) in [5.74, 6) is 0.482. The van der Waals surface area contributed by atoms with Crippen molar-refractivity contribution in [2.75, 3.05) is 12.4 Å². The van der Waals surface area contributed by atoms with Crippen molar-refractivity contribution in [2.24, 2.45) is 0 Å². The fourth-order valence-electron chi connectivity index (χ4n) is 3.33. The van der Waals surface area contributed by atoms with Gasteiger partial charge in [-0.1, -0.05) is 35.3 Å². The van der Waals surface area contributed by atoms with Gasteiger partial charge >= 0.3 is 0 Å². The van der Waals surface area contributed by atoms with Crippen LogP contribution in [0.4, 0.5) is 5.69 Å². The maximum atomic E-state index is 13.1. The van der Waals surface area contributed by atoms with E-state index in [0.717, 1.165) is 0 Å². The van der Waals surface area contributed by atoms with Crippen LogP contribution in [0, 0.1) is 6.92 Å². The molecule has 0 radical (unpaired) electrons. The summed E-state index contributed by atoms with van der Waals surface area (Å²) in [6.07, 6.45) is 0. The molecule has 3 aromatic carbocycles. The normalized spacial score (nSPS) is 10.8. The minimum atomic E-state index is -0.431. The van der Waals surface area contributed by atoms with Gasteiger partial charge in [0.15, 0.2) is 0 Å². The highest BCUT2D eigenvalue weighted by atomic mass is 35.5. The number of hydrogen-bond donors (Lipinski definition) is 1. The Morgan fingerprint density at radius 3 is 2.61 bits per heavy atom. The van der Waals surface area contributed by atoms with Crippen molar-refractivity contribution in [1.29, 1.82) is 0 Å². The van der Waals surface area contributed by atoms with E-state index in [0.29, 0.717) is 38.9 Å². The molecule has 1 heterocycles. The Morgan fingerprint density at radius 1 is 1.06 bits per heavy atom. The third-order valence-electron chi connectivity index (χ3n) is 4.81. The highest BCUT2D eigenvalue weighted by Gasteiger charge is 2.16. The molecule has 0 bridgehead atoms. The van der Waals surface area contributed by atoms with Gasteiger partial charge in [0.05, 0.1) is 40.0 Å². The van der Waals surface area contributed by atoms with E-state index >= 15 is 0 Å². The van der Waals surface area contributed by atoms with E-state index in [1.54, 1.807) is 55.5 Å². The molecule has 0 saturated heterocycles. The van der Waals surface area contributed by atoms with Crippen molar-refractivity contribution in [3.05, 3.63) is 92.5 Å². The monoisotopic (exact) mass is 453 g/mol. The number of nitrogens with one attached hydrogen (secondary N) is 1. The second-order valence-electron chi connectivity index (χ2n) is 6.78. The Bertz CT molecular complexity index is 1380. The van der Waals surface area contributed by atoms with Gasteiger partial charge in [-0.2, -0.15) is 0 Å². The predicted octanol–water partition coefficient (Wildman–Crippen LogP) is 5.26. The molecule has 0 atom stereocenters. The van der Waals surface area contributed by atoms with Crippen molar-refractivity contribution in [3.63, 3.8) is 0 Å². The van der Waals surface area contributed by atoms with E-state index in [1.807, 2.05) is 6.07 Å². The zero-order chi connectivity index (χ0) is 22.1. The number of ether oxygens (including phenoxy) is 1. The van der Waals surface area contributed by atoms with Crippen molar-refractivity contribution in [3.8, 4) is 11.4 Å². The highest BCUT2D eigenvalue weighted by molar-refractivity contribution is 6.36. The van der Waals surface area contributed by atoms with Crippen molar-refractivity contribution < 1.29 is 9.53 Å². The molecule has 156 valence electrons. The fraction of sp³-hybridized carbons (Fsp3) is 0.0870. The molecule has 31 heavy (non-hydrogen) atoms. The van der Waals surface area contributed by atoms with Gasteiger partial charge in [0.25, 0.3) is 11.5 Å². The molecule has 4 rings (SSSR count). The summed E-state index contributed by atoms with van der Waals surface area (Å²) < 4.78 is 6.96. The van der Waals surface area contributed by atoms with Gasteiger partial charge in [0.1, 0.15) is 11.6 Å². The molecule has 0 saturated carbocycles. The maximum absolute atomic E-state index is 13.1. The van der Waals surface area contributed by atoms with Gasteiger partial charge in [-0.15, -0.1) is 0 Å². The standard InChI is InChI=1S/C23H17Cl2N3O3/c1-13-26-19-6-4-3-5-16(19)23(30)28(13)15-8-10-20(21(12-15)31-2)27-22(29)17-11-14(24)7-9-18(17)25/h3-12H,1-2H3,(H,27,29). The van der Waals surface area contributed by atoms with Crippen LogP contribution in [-0.2, 0) is 0 Å². The van der Waals surface area contributed by atoms with Crippen LogP contribution in [0.15, 0.2) is 65.5 Å². The molecule has 1 N–H and O–H groups in total. The number of nitrogens with zero attached hydrogens (tertiary/aromatic N) is 2. The number of methoxy groups -OCH3 is 1. The number of halogens is 2. The highest BCUT2D eigenvalue weighted by Crippen LogP contribution is 2.29. The number of benzene rings is 3. The minimum absolute atomic E-state index is 0.187. The average Bonchev–Trinajstić information content (AvgIpc) is 2.76. The van der Waals surface area contributed by atoms with Gasteiger partial charge in [-0.25, -0.2) is 4.98 Å². The van der Waals surface area contributed by atoms with Crippen molar-refractivity contribution in [1.82, 2.24) is 9.55 Å². The smallest absolute Gasteiger partial charge is 0.265 e. The Balaban J connectivity index is 1.74. The quantitative estimate of drug-likeness (QED) is 0.457. The number of amides is 1. The first-order chi connectivity index (χ1) is 14.9. The first-order valence-corrected chi connectivity index (χ1v) is 10.1. The summed E-state index contributed by atoms with van der Waals surface area (Å²) in [6, 6.07) is 16.9. The fourth-order valence-corrected chi connectivity index (χ4v) is 3.71. The predicted molar refractivity (Wildman–Crippen MR) is 123 cm³/mol. The van der Waals surface area contributed by atoms with Crippen LogP contribution in [0.1, 0.15) is 16.2 Å². The summed E-state index contributed by atoms with van der Waals surface area (Å²) in [4.78, 5) is 30.3. The first-order valence-electron chi connectivity index (χ1n) is 9.32. The molecular weight excluding hydrogens is 437 g/mol. The molecule has 0 aliphatic carbocycles.